The van der Waals surface area contributed by atoms with Gasteiger partial charge in [-0.05, 0) is 67.1 Å². The van der Waals surface area contributed by atoms with Crippen molar-refractivity contribution in [2.75, 3.05) is 22.1 Å². The number of aryl methyl sites for hydroxylation is 1. The summed E-state index contributed by atoms with van der Waals surface area (Å²) >= 11 is 0. The quantitative estimate of drug-likeness (QED) is 0.310. The maximum Gasteiger partial charge on any atom is 0.336 e. The SMILES string of the molecule is Cc1ccc(NC(=O)Nc2cc(-c3ccccc3C(=O)O)ccc2N(CC(C)C)C2CCCC2)cc1. The normalized spacial score (nSPS) is 13.6. The van der Waals surface area contributed by atoms with Gasteiger partial charge in [0, 0.05) is 18.3 Å². The standard InChI is InChI=1S/C30H35N3O3/c1-20(2)19-33(24-8-4-5-9-24)28-17-14-22(25-10-6-7-11-26(25)29(34)35)18-27(28)32-30(36)31-23-15-12-21(3)13-16-23/h6-7,10-18,20,24H,4-5,8-9,19H2,1-3H3,(H,34,35)(H2,31,32,36). The molecule has 0 atom stereocenters. The lowest BCUT2D eigenvalue weighted by Gasteiger charge is -2.34. The largest absolute Gasteiger partial charge is 0.478 e. The van der Waals surface area contributed by atoms with Crippen molar-refractivity contribution in [3.63, 3.8) is 0 Å². The van der Waals surface area contributed by atoms with Crippen LogP contribution in [0.25, 0.3) is 11.1 Å². The lowest BCUT2D eigenvalue weighted by Crippen LogP contribution is -2.37. The number of hydrogen-bond donors (Lipinski definition) is 3. The van der Waals surface area contributed by atoms with E-state index in [-0.39, 0.29) is 11.6 Å². The first-order chi connectivity index (χ1) is 17.3. The molecule has 0 aliphatic heterocycles. The van der Waals surface area contributed by atoms with Crippen molar-refractivity contribution in [1.29, 1.82) is 0 Å². The van der Waals surface area contributed by atoms with Crippen LogP contribution in [0.15, 0.2) is 66.7 Å². The van der Waals surface area contributed by atoms with Crippen LogP contribution in [0.1, 0.15) is 55.5 Å². The van der Waals surface area contributed by atoms with Crippen LogP contribution in [-0.4, -0.2) is 29.7 Å². The number of urea groups is 1. The maximum absolute atomic E-state index is 13.1. The predicted octanol–water partition coefficient (Wildman–Crippen LogP) is 7.41. The zero-order chi connectivity index (χ0) is 25.7. The van der Waals surface area contributed by atoms with E-state index in [1.165, 1.54) is 12.8 Å². The van der Waals surface area contributed by atoms with Gasteiger partial charge in [0.1, 0.15) is 0 Å². The van der Waals surface area contributed by atoms with Crippen LogP contribution in [0, 0.1) is 12.8 Å². The van der Waals surface area contributed by atoms with Gasteiger partial charge in [-0.3, -0.25) is 0 Å². The van der Waals surface area contributed by atoms with Gasteiger partial charge in [0.15, 0.2) is 0 Å². The van der Waals surface area contributed by atoms with Crippen LogP contribution >= 0.6 is 0 Å². The number of aromatic carboxylic acids is 1. The number of nitrogens with zero attached hydrogens (tertiary/aromatic N) is 1. The molecule has 0 bridgehead atoms. The molecule has 188 valence electrons. The Morgan fingerprint density at radius 1 is 0.972 bits per heavy atom. The monoisotopic (exact) mass is 485 g/mol. The Hall–Kier alpha value is -3.80. The minimum atomic E-state index is -0.978. The van der Waals surface area contributed by atoms with Crippen LogP contribution in [0.2, 0.25) is 0 Å². The van der Waals surface area contributed by atoms with E-state index in [1.54, 1.807) is 18.2 Å². The zero-order valence-electron chi connectivity index (χ0n) is 21.3. The summed E-state index contributed by atoms with van der Waals surface area (Å²) in [5, 5.41) is 15.7. The van der Waals surface area contributed by atoms with Crippen molar-refractivity contribution in [2.45, 2.75) is 52.5 Å². The van der Waals surface area contributed by atoms with Crippen molar-refractivity contribution < 1.29 is 14.7 Å². The Morgan fingerprint density at radius 2 is 1.67 bits per heavy atom. The van der Waals surface area contributed by atoms with Gasteiger partial charge in [0.25, 0.3) is 0 Å². The highest BCUT2D eigenvalue weighted by atomic mass is 16.4. The van der Waals surface area contributed by atoms with Gasteiger partial charge >= 0.3 is 12.0 Å². The summed E-state index contributed by atoms with van der Waals surface area (Å²) in [6, 6.07) is 20.6. The molecule has 0 unspecified atom stereocenters. The molecule has 3 N–H and O–H groups in total. The molecule has 2 amide bonds. The number of benzene rings is 3. The highest BCUT2D eigenvalue weighted by molar-refractivity contribution is 6.03. The molecule has 1 fully saturated rings. The van der Waals surface area contributed by atoms with Crippen molar-refractivity contribution in [3.05, 3.63) is 77.9 Å². The fourth-order valence-corrected chi connectivity index (χ4v) is 4.95. The van der Waals surface area contributed by atoms with Crippen LogP contribution in [-0.2, 0) is 0 Å². The Kier molecular flexibility index (Phi) is 7.93. The third-order valence-corrected chi connectivity index (χ3v) is 6.66. The first-order valence-electron chi connectivity index (χ1n) is 12.7. The second kappa shape index (κ2) is 11.3. The number of nitrogens with one attached hydrogen (secondary N) is 2. The molecule has 6 nitrogen and oxygen atoms in total. The average Bonchev–Trinajstić information content (AvgIpc) is 3.39. The van der Waals surface area contributed by atoms with E-state index in [2.05, 4.69) is 29.4 Å². The van der Waals surface area contributed by atoms with Crippen molar-refractivity contribution in [2.24, 2.45) is 5.92 Å². The average molecular weight is 486 g/mol. The molecule has 1 saturated carbocycles. The molecule has 3 aromatic carbocycles. The van der Waals surface area contributed by atoms with Gasteiger partial charge in [-0.25, -0.2) is 9.59 Å². The van der Waals surface area contributed by atoms with Crippen LogP contribution in [0.5, 0.6) is 0 Å². The lowest BCUT2D eigenvalue weighted by molar-refractivity contribution is 0.0697. The minimum Gasteiger partial charge on any atom is -0.478 e. The van der Waals surface area contributed by atoms with Crippen molar-refractivity contribution >= 4 is 29.1 Å². The molecule has 1 aliphatic carbocycles. The molecule has 3 aromatic rings. The van der Waals surface area contributed by atoms with Gasteiger partial charge in [0.2, 0.25) is 0 Å². The van der Waals surface area contributed by atoms with Gasteiger partial charge in [-0.15, -0.1) is 0 Å². The fourth-order valence-electron chi connectivity index (χ4n) is 4.95. The first kappa shape index (κ1) is 25.3. The van der Waals surface area contributed by atoms with Gasteiger partial charge in [-0.2, -0.15) is 0 Å². The number of amides is 2. The molecule has 4 rings (SSSR count). The predicted molar refractivity (Wildman–Crippen MR) is 147 cm³/mol. The fraction of sp³-hybridized carbons (Fsp3) is 0.333. The molecule has 0 saturated heterocycles. The van der Waals surface area contributed by atoms with Gasteiger partial charge in [0.05, 0.1) is 16.9 Å². The number of carboxylic acids is 1. The van der Waals surface area contributed by atoms with Crippen LogP contribution < -0.4 is 15.5 Å². The molecule has 6 heteroatoms. The summed E-state index contributed by atoms with van der Waals surface area (Å²) in [6.07, 6.45) is 4.68. The molecule has 0 heterocycles. The van der Waals surface area contributed by atoms with E-state index in [0.29, 0.717) is 28.9 Å². The molecule has 0 spiro atoms. The molecule has 0 radical (unpaired) electrons. The Morgan fingerprint density at radius 3 is 2.33 bits per heavy atom. The molecule has 1 aliphatic rings. The number of anilines is 3. The number of carbonyl (C=O) groups excluding carboxylic acids is 1. The molecule has 36 heavy (non-hydrogen) atoms. The van der Waals surface area contributed by atoms with Gasteiger partial charge < -0.3 is 20.6 Å². The Bertz CT molecular complexity index is 1210. The third kappa shape index (κ3) is 6.06. The number of carboxylic acid groups (broad SMARTS) is 1. The van der Waals surface area contributed by atoms with Crippen LogP contribution in [0.4, 0.5) is 21.9 Å². The number of hydrogen-bond acceptors (Lipinski definition) is 3. The van der Waals surface area contributed by atoms with E-state index in [4.69, 9.17) is 0 Å². The van der Waals surface area contributed by atoms with Crippen molar-refractivity contribution in [3.8, 4) is 11.1 Å². The van der Waals surface area contributed by atoms with Gasteiger partial charge in [-0.1, -0.05) is 68.7 Å². The highest BCUT2D eigenvalue weighted by Gasteiger charge is 2.26. The second-order valence-electron chi connectivity index (χ2n) is 10.0. The van der Waals surface area contributed by atoms with E-state index in [0.717, 1.165) is 36.2 Å². The first-order valence-corrected chi connectivity index (χ1v) is 12.7. The van der Waals surface area contributed by atoms with E-state index in [1.807, 2.05) is 55.5 Å². The van der Waals surface area contributed by atoms with Crippen molar-refractivity contribution in [1.82, 2.24) is 0 Å². The molecular formula is C30H35N3O3. The summed E-state index contributed by atoms with van der Waals surface area (Å²) in [4.78, 5) is 27.4. The summed E-state index contributed by atoms with van der Waals surface area (Å²) in [5.74, 6) is -0.527. The number of carbonyl (C=O) groups is 2. The highest BCUT2D eigenvalue weighted by Crippen LogP contribution is 2.37. The van der Waals surface area contributed by atoms with E-state index in [9.17, 15) is 14.7 Å². The maximum atomic E-state index is 13.1. The van der Waals surface area contributed by atoms with E-state index < -0.39 is 5.97 Å². The zero-order valence-corrected chi connectivity index (χ0v) is 21.3. The second-order valence-corrected chi connectivity index (χ2v) is 10.0. The summed E-state index contributed by atoms with van der Waals surface area (Å²) < 4.78 is 0. The van der Waals surface area contributed by atoms with Crippen LogP contribution in [0.3, 0.4) is 0 Å². The summed E-state index contributed by atoms with van der Waals surface area (Å²) in [7, 11) is 0. The minimum absolute atomic E-state index is 0.232. The van der Waals surface area contributed by atoms with E-state index >= 15 is 0 Å². The lowest BCUT2D eigenvalue weighted by atomic mass is 9.98. The summed E-state index contributed by atoms with van der Waals surface area (Å²) in [5.41, 5.74) is 5.06. The smallest absolute Gasteiger partial charge is 0.336 e. The summed E-state index contributed by atoms with van der Waals surface area (Å²) in [6.45, 7) is 7.29. The number of rotatable bonds is 8. The molecular weight excluding hydrogens is 450 g/mol. The molecule has 0 aromatic heterocycles. The third-order valence-electron chi connectivity index (χ3n) is 6.66. The Labute approximate surface area is 213 Å². The Balaban J connectivity index is 1.73. The topological polar surface area (TPSA) is 81.7 Å².